The monoisotopic (exact) mass is 370 g/mol. The molecule has 1 rings (SSSR count). The maximum absolute atomic E-state index is 11.4. The van der Waals surface area contributed by atoms with E-state index < -0.39 is 0 Å². The Labute approximate surface area is 121 Å². The third kappa shape index (κ3) is 5.21. The van der Waals surface area contributed by atoms with Gasteiger partial charge in [-0.25, -0.2) is 0 Å². The number of ether oxygens (including phenoxy) is 4. The van der Waals surface area contributed by atoms with Crippen molar-refractivity contribution in [2.45, 2.75) is 37.6 Å². The lowest BCUT2D eigenvalue weighted by Gasteiger charge is -2.34. The van der Waals surface area contributed by atoms with Gasteiger partial charge < -0.3 is 18.9 Å². The lowest BCUT2D eigenvalue weighted by molar-refractivity contribution is -0.174. The number of hydrogen-bond donors (Lipinski definition) is 0. The molecule has 1 aliphatic heterocycles. The van der Waals surface area contributed by atoms with E-state index in [1.54, 1.807) is 7.11 Å². The summed E-state index contributed by atoms with van der Waals surface area (Å²) < 4.78 is 22.9. The summed E-state index contributed by atoms with van der Waals surface area (Å²) in [7, 11) is 2.94. The van der Waals surface area contributed by atoms with Crippen LogP contribution in [0.4, 0.5) is 0 Å². The van der Waals surface area contributed by atoms with Crippen LogP contribution in [0, 0.1) is 0 Å². The first-order valence-electron chi connectivity index (χ1n) is 5.81. The first kappa shape index (κ1) is 15.9. The van der Waals surface area contributed by atoms with Crippen molar-refractivity contribution in [3.63, 3.8) is 0 Å². The minimum absolute atomic E-state index is 0.0407. The van der Waals surface area contributed by atoms with Gasteiger partial charge in [-0.1, -0.05) is 22.6 Å². The van der Waals surface area contributed by atoms with E-state index in [2.05, 4.69) is 27.3 Å². The topological polar surface area (TPSA) is 54.0 Å². The SMILES string of the molecule is COCO[C@H]1CC[C@H](/C=C/I)O[C@H]1CC(=O)OC. The first-order chi connectivity index (χ1) is 8.71. The zero-order valence-corrected chi connectivity index (χ0v) is 12.8. The molecule has 3 atom stereocenters. The fourth-order valence-corrected chi connectivity index (χ4v) is 2.35. The molecule has 5 nitrogen and oxygen atoms in total. The van der Waals surface area contributed by atoms with Crippen LogP contribution in [0.5, 0.6) is 0 Å². The molecule has 0 aromatic heterocycles. The quantitative estimate of drug-likeness (QED) is 0.407. The van der Waals surface area contributed by atoms with Gasteiger partial charge in [-0.15, -0.1) is 0 Å². The molecule has 104 valence electrons. The van der Waals surface area contributed by atoms with Gasteiger partial charge in [0.1, 0.15) is 6.79 Å². The molecule has 1 aliphatic rings. The van der Waals surface area contributed by atoms with Crippen LogP contribution in [0.15, 0.2) is 10.2 Å². The molecule has 6 heteroatoms. The maximum Gasteiger partial charge on any atom is 0.308 e. The molecule has 0 N–H and O–H groups in total. The van der Waals surface area contributed by atoms with E-state index in [1.807, 2.05) is 10.2 Å². The molecule has 0 aromatic rings. The van der Waals surface area contributed by atoms with E-state index in [9.17, 15) is 4.79 Å². The average Bonchev–Trinajstić information content (AvgIpc) is 2.38. The number of carbonyl (C=O) groups is 1. The Hall–Kier alpha value is -0.180. The van der Waals surface area contributed by atoms with Gasteiger partial charge in [-0.05, 0) is 23.0 Å². The molecule has 0 aromatic carbocycles. The van der Waals surface area contributed by atoms with Crippen molar-refractivity contribution in [1.29, 1.82) is 0 Å². The number of rotatable bonds is 6. The highest BCUT2D eigenvalue weighted by Gasteiger charge is 2.32. The fourth-order valence-electron chi connectivity index (χ4n) is 1.89. The van der Waals surface area contributed by atoms with Crippen molar-refractivity contribution in [3.8, 4) is 0 Å². The van der Waals surface area contributed by atoms with Crippen molar-refractivity contribution in [3.05, 3.63) is 10.2 Å². The van der Waals surface area contributed by atoms with Gasteiger partial charge in [-0.3, -0.25) is 4.79 Å². The van der Waals surface area contributed by atoms with E-state index in [4.69, 9.17) is 14.2 Å². The third-order valence-electron chi connectivity index (χ3n) is 2.78. The van der Waals surface area contributed by atoms with Gasteiger partial charge in [0, 0.05) is 7.11 Å². The summed E-state index contributed by atoms with van der Waals surface area (Å²) in [6, 6.07) is 0. The van der Waals surface area contributed by atoms with E-state index in [0.717, 1.165) is 12.8 Å². The third-order valence-corrected chi connectivity index (χ3v) is 3.20. The zero-order valence-electron chi connectivity index (χ0n) is 10.6. The normalized spacial score (nSPS) is 28.5. The minimum atomic E-state index is -0.287. The summed E-state index contributed by atoms with van der Waals surface area (Å²) in [5.74, 6) is -0.287. The van der Waals surface area contributed by atoms with E-state index in [0.29, 0.717) is 0 Å². The molecule has 18 heavy (non-hydrogen) atoms. The highest BCUT2D eigenvalue weighted by atomic mass is 127. The van der Waals surface area contributed by atoms with Gasteiger partial charge in [0.25, 0.3) is 0 Å². The van der Waals surface area contributed by atoms with Gasteiger partial charge in [0.15, 0.2) is 0 Å². The number of carbonyl (C=O) groups excluding carboxylic acids is 1. The van der Waals surface area contributed by atoms with Crippen LogP contribution in [0.3, 0.4) is 0 Å². The van der Waals surface area contributed by atoms with E-state index in [-0.39, 0.29) is 37.5 Å². The van der Waals surface area contributed by atoms with Gasteiger partial charge in [0.2, 0.25) is 0 Å². The summed E-state index contributed by atoms with van der Waals surface area (Å²) in [5.41, 5.74) is 0. The molecule has 1 saturated heterocycles. The highest BCUT2D eigenvalue weighted by Crippen LogP contribution is 2.25. The second-order valence-electron chi connectivity index (χ2n) is 4.00. The molecule has 0 aliphatic carbocycles. The Morgan fingerprint density at radius 1 is 1.44 bits per heavy atom. The highest BCUT2D eigenvalue weighted by molar-refractivity contribution is 14.1. The van der Waals surface area contributed by atoms with Crippen molar-refractivity contribution < 1.29 is 23.7 Å². The lowest BCUT2D eigenvalue weighted by atomic mass is 9.98. The number of esters is 1. The van der Waals surface area contributed by atoms with E-state index in [1.165, 1.54) is 7.11 Å². The van der Waals surface area contributed by atoms with Crippen LogP contribution in [0.1, 0.15) is 19.3 Å². The van der Waals surface area contributed by atoms with Crippen molar-refractivity contribution in [2.75, 3.05) is 21.0 Å². The molecule has 0 spiro atoms. The Morgan fingerprint density at radius 3 is 2.83 bits per heavy atom. The average molecular weight is 370 g/mol. The van der Waals surface area contributed by atoms with Crippen molar-refractivity contribution in [1.82, 2.24) is 0 Å². The van der Waals surface area contributed by atoms with Crippen LogP contribution in [0.25, 0.3) is 0 Å². The van der Waals surface area contributed by atoms with Crippen LogP contribution in [-0.2, 0) is 23.7 Å². The predicted molar refractivity (Wildman–Crippen MR) is 74.4 cm³/mol. The van der Waals surface area contributed by atoms with Crippen LogP contribution < -0.4 is 0 Å². The van der Waals surface area contributed by atoms with Crippen LogP contribution >= 0.6 is 22.6 Å². The Balaban J connectivity index is 2.57. The molecule has 0 amide bonds. The Bertz CT molecular complexity index is 282. The molecule has 1 fully saturated rings. The van der Waals surface area contributed by atoms with Gasteiger partial charge in [-0.2, -0.15) is 0 Å². The summed E-state index contributed by atoms with van der Waals surface area (Å²) in [6.07, 6.45) is 3.55. The number of hydrogen-bond acceptors (Lipinski definition) is 5. The van der Waals surface area contributed by atoms with Crippen molar-refractivity contribution in [2.24, 2.45) is 0 Å². The second kappa shape index (κ2) is 8.84. The van der Waals surface area contributed by atoms with Gasteiger partial charge in [0.05, 0.1) is 31.8 Å². The minimum Gasteiger partial charge on any atom is -0.469 e. The Morgan fingerprint density at radius 2 is 2.22 bits per heavy atom. The fraction of sp³-hybridized carbons (Fsp3) is 0.750. The maximum atomic E-state index is 11.4. The number of halogens is 1. The van der Waals surface area contributed by atoms with E-state index >= 15 is 0 Å². The first-order valence-corrected chi connectivity index (χ1v) is 7.05. The van der Waals surface area contributed by atoms with Crippen LogP contribution in [-0.4, -0.2) is 45.3 Å². The van der Waals surface area contributed by atoms with Crippen LogP contribution in [0.2, 0.25) is 0 Å². The molecule has 0 saturated carbocycles. The molecule has 0 unspecified atom stereocenters. The zero-order chi connectivity index (χ0) is 13.4. The van der Waals surface area contributed by atoms with Crippen molar-refractivity contribution >= 4 is 28.6 Å². The molecular formula is C12H19IO5. The summed E-state index contributed by atoms with van der Waals surface area (Å²) in [4.78, 5) is 11.4. The predicted octanol–water partition coefficient (Wildman–Crippen LogP) is 2.03. The smallest absolute Gasteiger partial charge is 0.308 e. The number of methoxy groups -OCH3 is 2. The largest absolute Gasteiger partial charge is 0.469 e. The summed E-state index contributed by atoms with van der Waals surface area (Å²) in [6.45, 7) is 0.207. The molecular weight excluding hydrogens is 351 g/mol. The lowest BCUT2D eigenvalue weighted by Crippen LogP contribution is -2.41. The standard InChI is InChI=1S/C12H19IO5/c1-15-8-17-10-4-3-9(5-6-13)18-11(10)7-12(14)16-2/h5-6,9-11H,3-4,7-8H2,1-2H3/b6-5+/t9-,10+,11+/m1/s1. The molecule has 0 radical (unpaired) electrons. The summed E-state index contributed by atoms with van der Waals surface area (Å²) in [5, 5.41) is 0. The second-order valence-corrected chi connectivity index (χ2v) is 4.72. The Kier molecular flexibility index (Phi) is 7.80. The summed E-state index contributed by atoms with van der Waals surface area (Å²) >= 11 is 2.15. The molecule has 0 bridgehead atoms. The molecule has 1 heterocycles. The van der Waals surface area contributed by atoms with Gasteiger partial charge >= 0.3 is 5.97 Å².